The van der Waals surface area contributed by atoms with Crippen LogP contribution < -0.4 is 0 Å². The topological polar surface area (TPSA) is 69.3 Å². The van der Waals surface area contributed by atoms with Crippen LogP contribution in [0, 0.1) is 5.92 Å². The lowest BCUT2D eigenvalue weighted by Crippen LogP contribution is -2.32. The number of benzene rings is 2. The number of hydrogen-bond acceptors (Lipinski definition) is 3. The Morgan fingerprint density at radius 1 is 1.03 bits per heavy atom. The molecule has 0 aliphatic carbocycles. The molecule has 6 heteroatoms. The fourth-order valence-corrected chi connectivity index (χ4v) is 5.10. The van der Waals surface area contributed by atoms with Crippen molar-refractivity contribution in [3.63, 3.8) is 0 Å². The van der Waals surface area contributed by atoms with Crippen molar-refractivity contribution in [3.8, 4) is 0 Å². The second-order valence-electron chi connectivity index (χ2n) is 9.20. The maximum atomic E-state index is 13.2. The molecule has 166 valence electrons. The predicted octanol–water partition coefficient (Wildman–Crippen LogP) is 4.17. The Bertz CT molecular complexity index is 1120. The normalized spacial score (nSPS) is 19.5. The summed E-state index contributed by atoms with van der Waals surface area (Å²) in [6, 6.07) is 14.3. The Balaban J connectivity index is 1.20. The molecule has 0 radical (unpaired) electrons. The number of likely N-dealkylation sites (tertiary alicyclic amines) is 2. The minimum Gasteiger partial charge on any atom is -0.339 e. The zero-order chi connectivity index (χ0) is 21.9. The Kier molecular flexibility index (Phi) is 5.93. The van der Waals surface area contributed by atoms with Gasteiger partial charge in [-0.3, -0.25) is 14.7 Å². The maximum Gasteiger partial charge on any atom is 0.253 e. The minimum absolute atomic E-state index is 0.111. The van der Waals surface area contributed by atoms with Crippen molar-refractivity contribution in [2.45, 2.75) is 45.1 Å². The number of rotatable bonds is 5. The van der Waals surface area contributed by atoms with Gasteiger partial charge in [0.25, 0.3) is 5.91 Å². The lowest BCUT2D eigenvalue weighted by Gasteiger charge is -2.22. The number of amides is 2. The Morgan fingerprint density at radius 3 is 2.84 bits per heavy atom. The molecule has 1 atom stereocenters. The highest BCUT2D eigenvalue weighted by molar-refractivity contribution is 5.94. The molecule has 2 fully saturated rings. The molecule has 3 heterocycles. The predicted molar refractivity (Wildman–Crippen MR) is 124 cm³/mol. The molecular weight excluding hydrogens is 400 g/mol. The highest BCUT2D eigenvalue weighted by atomic mass is 16.2. The van der Waals surface area contributed by atoms with Crippen molar-refractivity contribution >= 4 is 22.7 Å². The summed E-state index contributed by atoms with van der Waals surface area (Å²) in [6.45, 7) is 3.03. The third-order valence-electron chi connectivity index (χ3n) is 6.88. The van der Waals surface area contributed by atoms with Crippen molar-refractivity contribution < 1.29 is 9.59 Å². The van der Waals surface area contributed by atoms with Gasteiger partial charge in [-0.15, -0.1) is 0 Å². The number of carbonyl (C=O) groups excluding carboxylic acids is 2. The van der Waals surface area contributed by atoms with E-state index in [4.69, 9.17) is 0 Å². The van der Waals surface area contributed by atoms with Gasteiger partial charge in [0.1, 0.15) is 0 Å². The summed E-state index contributed by atoms with van der Waals surface area (Å²) in [5.41, 5.74) is 4.18. The van der Waals surface area contributed by atoms with E-state index >= 15 is 0 Å². The number of carbonyl (C=O) groups is 2. The van der Waals surface area contributed by atoms with E-state index in [2.05, 4.69) is 28.4 Å². The SMILES string of the molecule is O=C1CCCN1Cc1cccc(C(=O)N2CCCC(Cc3ccc4[nH]ncc4c3)CC2)c1. The molecule has 2 aliphatic rings. The van der Waals surface area contributed by atoms with Crippen molar-refractivity contribution in [2.75, 3.05) is 19.6 Å². The number of H-pyrrole nitrogens is 1. The zero-order valence-electron chi connectivity index (χ0n) is 18.4. The van der Waals surface area contributed by atoms with Crippen LogP contribution >= 0.6 is 0 Å². The summed E-state index contributed by atoms with van der Waals surface area (Å²) in [5, 5.41) is 8.27. The van der Waals surface area contributed by atoms with Gasteiger partial charge in [0, 0.05) is 43.5 Å². The number of aromatic amines is 1. The van der Waals surface area contributed by atoms with E-state index in [1.54, 1.807) is 0 Å². The number of nitrogens with one attached hydrogen (secondary N) is 1. The van der Waals surface area contributed by atoms with Crippen molar-refractivity contribution in [3.05, 3.63) is 65.4 Å². The summed E-state index contributed by atoms with van der Waals surface area (Å²) >= 11 is 0. The van der Waals surface area contributed by atoms with Crippen molar-refractivity contribution in [1.82, 2.24) is 20.0 Å². The van der Waals surface area contributed by atoms with E-state index in [1.807, 2.05) is 40.3 Å². The zero-order valence-corrected chi connectivity index (χ0v) is 18.4. The molecule has 0 spiro atoms. The smallest absolute Gasteiger partial charge is 0.253 e. The highest BCUT2D eigenvalue weighted by Gasteiger charge is 2.23. The van der Waals surface area contributed by atoms with Gasteiger partial charge in [-0.2, -0.15) is 5.10 Å². The Labute approximate surface area is 188 Å². The van der Waals surface area contributed by atoms with Crippen LogP contribution in [0.1, 0.15) is 53.6 Å². The molecule has 6 nitrogen and oxygen atoms in total. The van der Waals surface area contributed by atoms with Crippen LogP contribution in [0.15, 0.2) is 48.7 Å². The van der Waals surface area contributed by atoms with E-state index < -0.39 is 0 Å². The van der Waals surface area contributed by atoms with E-state index in [0.717, 1.165) is 73.8 Å². The number of aromatic nitrogens is 2. The number of hydrogen-bond donors (Lipinski definition) is 1. The van der Waals surface area contributed by atoms with Gasteiger partial charge in [-0.05, 0) is 73.4 Å². The quantitative estimate of drug-likeness (QED) is 0.661. The summed E-state index contributed by atoms with van der Waals surface area (Å²) < 4.78 is 0. The standard InChI is InChI=1S/C26H30N4O2/c31-25-7-3-12-30(25)18-21-4-1-6-22(16-21)26(32)29-11-2-5-19(10-13-29)14-20-8-9-24-23(15-20)17-27-28-24/h1,4,6,8-9,15-17,19H,2-3,5,7,10-14,18H2,(H,27,28). The van der Waals surface area contributed by atoms with E-state index in [9.17, 15) is 9.59 Å². The van der Waals surface area contributed by atoms with E-state index in [-0.39, 0.29) is 11.8 Å². The van der Waals surface area contributed by atoms with Gasteiger partial charge < -0.3 is 9.80 Å². The molecule has 1 aromatic heterocycles. The molecule has 3 aromatic rings. The molecular formula is C26H30N4O2. The number of fused-ring (bicyclic) bond motifs is 1. The van der Waals surface area contributed by atoms with Gasteiger partial charge in [-0.1, -0.05) is 18.2 Å². The first kappa shape index (κ1) is 20.7. The molecule has 2 saturated heterocycles. The maximum absolute atomic E-state index is 13.2. The van der Waals surface area contributed by atoms with Gasteiger partial charge in [-0.25, -0.2) is 0 Å². The first-order valence-corrected chi connectivity index (χ1v) is 11.7. The van der Waals surface area contributed by atoms with E-state index in [1.165, 1.54) is 5.56 Å². The second-order valence-corrected chi connectivity index (χ2v) is 9.20. The fraction of sp³-hybridized carbons (Fsp3) is 0.423. The van der Waals surface area contributed by atoms with Crippen molar-refractivity contribution in [1.29, 1.82) is 0 Å². The third-order valence-corrected chi connectivity index (χ3v) is 6.88. The number of nitrogens with zero attached hydrogens (tertiary/aromatic N) is 3. The fourth-order valence-electron chi connectivity index (χ4n) is 5.10. The van der Waals surface area contributed by atoms with Gasteiger partial charge >= 0.3 is 0 Å². The van der Waals surface area contributed by atoms with E-state index in [0.29, 0.717) is 18.9 Å². The lowest BCUT2D eigenvalue weighted by molar-refractivity contribution is -0.128. The van der Waals surface area contributed by atoms with Gasteiger partial charge in [0.15, 0.2) is 0 Å². The monoisotopic (exact) mass is 430 g/mol. The summed E-state index contributed by atoms with van der Waals surface area (Å²) in [4.78, 5) is 29.1. The van der Waals surface area contributed by atoms with Crippen LogP contribution in [-0.2, 0) is 17.8 Å². The van der Waals surface area contributed by atoms with Crippen LogP contribution in [-0.4, -0.2) is 51.4 Å². The molecule has 2 aromatic carbocycles. The molecule has 0 saturated carbocycles. The molecule has 0 bridgehead atoms. The molecule has 1 N–H and O–H groups in total. The molecule has 1 unspecified atom stereocenters. The van der Waals surface area contributed by atoms with Gasteiger partial charge in [0.2, 0.25) is 5.91 Å². The molecule has 32 heavy (non-hydrogen) atoms. The first-order chi connectivity index (χ1) is 15.7. The average Bonchev–Trinajstić information content (AvgIpc) is 3.36. The van der Waals surface area contributed by atoms with Crippen LogP contribution in [0.5, 0.6) is 0 Å². The lowest BCUT2D eigenvalue weighted by atomic mass is 9.92. The first-order valence-electron chi connectivity index (χ1n) is 11.7. The summed E-state index contributed by atoms with van der Waals surface area (Å²) in [7, 11) is 0. The minimum atomic E-state index is 0.111. The van der Waals surface area contributed by atoms with Crippen LogP contribution in [0.2, 0.25) is 0 Å². The largest absolute Gasteiger partial charge is 0.339 e. The Hall–Kier alpha value is -3.15. The molecule has 5 rings (SSSR count). The van der Waals surface area contributed by atoms with Crippen LogP contribution in [0.4, 0.5) is 0 Å². The third kappa shape index (κ3) is 4.54. The average molecular weight is 431 g/mol. The van der Waals surface area contributed by atoms with Crippen LogP contribution in [0.25, 0.3) is 10.9 Å². The highest BCUT2D eigenvalue weighted by Crippen LogP contribution is 2.25. The Morgan fingerprint density at radius 2 is 1.97 bits per heavy atom. The molecule has 2 aliphatic heterocycles. The second kappa shape index (κ2) is 9.15. The van der Waals surface area contributed by atoms with Crippen molar-refractivity contribution in [2.24, 2.45) is 5.92 Å². The summed E-state index contributed by atoms with van der Waals surface area (Å²) in [5.74, 6) is 0.914. The van der Waals surface area contributed by atoms with Gasteiger partial charge in [0.05, 0.1) is 11.7 Å². The molecule has 2 amide bonds. The van der Waals surface area contributed by atoms with Crippen LogP contribution in [0.3, 0.4) is 0 Å². The summed E-state index contributed by atoms with van der Waals surface area (Å²) in [6.07, 6.45) is 7.70.